The topological polar surface area (TPSA) is 43.1 Å². The van der Waals surface area contributed by atoms with Crippen LogP contribution in [0.15, 0.2) is 46.3 Å². The molecule has 0 saturated carbocycles. The second-order valence-corrected chi connectivity index (χ2v) is 6.47. The van der Waals surface area contributed by atoms with E-state index in [9.17, 15) is 4.79 Å². The van der Waals surface area contributed by atoms with Gasteiger partial charge in [0.1, 0.15) is 0 Å². The van der Waals surface area contributed by atoms with Crippen LogP contribution in [0.4, 0.5) is 5.69 Å². The second kappa shape index (κ2) is 5.20. The molecule has 0 atom stereocenters. The molecule has 0 unspecified atom stereocenters. The van der Waals surface area contributed by atoms with Gasteiger partial charge in [0, 0.05) is 31.1 Å². The molecular formula is C15H9BrClNOS. The summed E-state index contributed by atoms with van der Waals surface area (Å²) in [6.07, 6.45) is 0. The average molecular weight is 367 g/mol. The molecular weight excluding hydrogens is 358 g/mol. The summed E-state index contributed by atoms with van der Waals surface area (Å²) in [5, 5.41) is 3.28. The van der Waals surface area contributed by atoms with Crippen molar-refractivity contribution < 1.29 is 4.79 Å². The van der Waals surface area contributed by atoms with E-state index in [-0.39, 0.29) is 5.78 Å². The van der Waals surface area contributed by atoms with Crippen molar-refractivity contribution in [2.75, 3.05) is 5.73 Å². The molecule has 3 rings (SSSR count). The Labute approximate surface area is 133 Å². The number of carbonyl (C=O) groups is 1. The van der Waals surface area contributed by atoms with Crippen molar-refractivity contribution in [1.29, 1.82) is 0 Å². The van der Waals surface area contributed by atoms with Gasteiger partial charge in [-0.25, -0.2) is 0 Å². The van der Waals surface area contributed by atoms with Gasteiger partial charge in [0.2, 0.25) is 0 Å². The third-order valence-electron chi connectivity index (χ3n) is 3.05. The molecule has 1 aromatic heterocycles. The third-order valence-corrected chi connectivity index (χ3v) is 5.35. The molecule has 0 aliphatic rings. The molecule has 100 valence electrons. The van der Waals surface area contributed by atoms with Crippen LogP contribution in [0.1, 0.15) is 15.9 Å². The highest BCUT2D eigenvalue weighted by Crippen LogP contribution is 2.33. The lowest BCUT2D eigenvalue weighted by Gasteiger charge is -2.03. The molecule has 3 aromatic rings. The first-order valence-electron chi connectivity index (χ1n) is 5.83. The van der Waals surface area contributed by atoms with Crippen molar-refractivity contribution in [3.8, 4) is 0 Å². The van der Waals surface area contributed by atoms with Gasteiger partial charge in [-0.05, 0) is 40.2 Å². The number of carbonyl (C=O) groups excluding carboxylic acids is 1. The van der Waals surface area contributed by atoms with Crippen molar-refractivity contribution >= 4 is 60.4 Å². The lowest BCUT2D eigenvalue weighted by molar-refractivity contribution is 0.104. The summed E-state index contributed by atoms with van der Waals surface area (Å²) in [7, 11) is 0. The van der Waals surface area contributed by atoms with Crippen molar-refractivity contribution in [1.82, 2.24) is 0 Å². The Morgan fingerprint density at radius 2 is 2.05 bits per heavy atom. The maximum absolute atomic E-state index is 12.6. The number of hydrogen-bond donors (Lipinski definition) is 1. The van der Waals surface area contributed by atoms with Crippen LogP contribution in [0.3, 0.4) is 0 Å². The Morgan fingerprint density at radius 1 is 1.25 bits per heavy atom. The van der Waals surface area contributed by atoms with Crippen LogP contribution in [0.5, 0.6) is 0 Å². The SMILES string of the molecule is Nc1cc(C(=O)c2csc3c(Br)cccc23)ccc1Cl. The summed E-state index contributed by atoms with van der Waals surface area (Å²) < 4.78 is 2.06. The molecule has 0 radical (unpaired) electrons. The van der Waals surface area contributed by atoms with Gasteiger partial charge >= 0.3 is 0 Å². The molecule has 1 heterocycles. The van der Waals surface area contributed by atoms with Crippen molar-refractivity contribution in [3.63, 3.8) is 0 Å². The summed E-state index contributed by atoms with van der Waals surface area (Å²) in [4.78, 5) is 12.6. The predicted octanol–water partition coefficient (Wildman–Crippen LogP) is 5.13. The number of fused-ring (bicyclic) bond motifs is 1. The summed E-state index contributed by atoms with van der Waals surface area (Å²) in [5.41, 5.74) is 7.41. The van der Waals surface area contributed by atoms with E-state index in [0.717, 1.165) is 14.6 Å². The second-order valence-electron chi connectivity index (χ2n) is 4.33. The van der Waals surface area contributed by atoms with Crippen molar-refractivity contribution in [2.45, 2.75) is 0 Å². The fourth-order valence-corrected chi connectivity index (χ4v) is 3.76. The van der Waals surface area contributed by atoms with Gasteiger partial charge in [0.05, 0.1) is 10.7 Å². The molecule has 0 amide bonds. The predicted molar refractivity (Wildman–Crippen MR) is 88.8 cm³/mol. The number of hydrogen-bond acceptors (Lipinski definition) is 3. The maximum atomic E-state index is 12.6. The smallest absolute Gasteiger partial charge is 0.194 e. The summed E-state index contributed by atoms with van der Waals surface area (Å²) in [6.45, 7) is 0. The van der Waals surface area contributed by atoms with Crippen LogP contribution in [0.2, 0.25) is 5.02 Å². The third kappa shape index (κ3) is 2.24. The van der Waals surface area contributed by atoms with Gasteiger partial charge in [-0.15, -0.1) is 11.3 Å². The van der Waals surface area contributed by atoms with Crippen molar-refractivity contribution in [2.24, 2.45) is 0 Å². The largest absolute Gasteiger partial charge is 0.398 e. The Kier molecular flexibility index (Phi) is 3.54. The molecule has 0 fully saturated rings. The Bertz CT molecular complexity index is 828. The molecule has 0 aliphatic heterocycles. The van der Waals surface area contributed by atoms with E-state index in [0.29, 0.717) is 21.8 Å². The standard InChI is InChI=1S/C15H9BrClNOS/c16-11-3-1-2-9-10(7-20-15(9)11)14(19)8-4-5-12(17)13(18)6-8/h1-7H,18H2. The maximum Gasteiger partial charge on any atom is 0.194 e. The Balaban J connectivity index is 2.13. The fraction of sp³-hybridized carbons (Fsp3) is 0. The van der Waals surface area contributed by atoms with E-state index < -0.39 is 0 Å². The number of nitrogens with two attached hydrogens (primary N) is 1. The molecule has 20 heavy (non-hydrogen) atoms. The quantitative estimate of drug-likeness (QED) is 0.504. The van der Waals surface area contributed by atoms with Gasteiger partial charge < -0.3 is 5.73 Å². The van der Waals surface area contributed by atoms with Crippen LogP contribution < -0.4 is 5.73 Å². The first kappa shape index (κ1) is 13.6. The van der Waals surface area contributed by atoms with Gasteiger partial charge in [0.15, 0.2) is 5.78 Å². The molecule has 0 saturated heterocycles. The zero-order chi connectivity index (χ0) is 14.3. The van der Waals surface area contributed by atoms with E-state index in [1.807, 2.05) is 23.6 Å². The highest BCUT2D eigenvalue weighted by Gasteiger charge is 2.16. The molecule has 0 aliphatic carbocycles. The first-order chi connectivity index (χ1) is 9.58. The molecule has 5 heteroatoms. The zero-order valence-electron chi connectivity index (χ0n) is 10.2. The number of thiophene rings is 1. The minimum Gasteiger partial charge on any atom is -0.398 e. The van der Waals surface area contributed by atoms with E-state index in [2.05, 4.69) is 15.9 Å². The summed E-state index contributed by atoms with van der Waals surface area (Å²) >= 11 is 10.9. The first-order valence-corrected chi connectivity index (χ1v) is 7.88. The minimum absolute atomic E-state index is 0.0438. The number of halogens is 2. The van der Waals surface area contributed by atoms with E-state index in [1.165, 1.54) is 0 Å². The molecule has 0 spiro atoms. The van der Waals surface area contributed by atoms with Gasteiger partial charge in [-0.3, -0.25) is 4.79 Å². The highest BCUT2D eigenvalue weighted by atomic mass is 79.9. The Morgan fingerprint density at radius 3 is 2.80 bits per heavy atom. The van der Waals surface area contributed by atoms with Gasteiger partial charge in [-0.2, -0.15) is 0 Å². The zero-order valence-corrected chi connectivity index (χ0v) is 13.3. The monoisotopic (exact) mass is 365 g/mol. The number of rotatable bonds is 2. The Hall–Kier alpha value is -1.36. The van der Waals surface area contributed by atoms with Gasteiger partial charge in [0.25, 0.3) is 0 Å². The molecule has 2 aromatic carbocycles. The fourth-order valence-electron chi connectivity index (χ4n) is 2.04. The average Bonchev–Trinajstić information content (AvgIpc) is 2.86. The molecule has 2 nitrogen and oxygen atoms in total. The highest BCUT2D eigenvalue weighted by molar-refractivity contribution is 9.10. The van der Waals surface area contributed by atoms with Crippen LogP contribution in [0, 0.1) is 0 Å². The van der Waals surface area contributed by atoms with Crippen LogP contribution in [0.25, 0.3) is 10.1 Å². The molecule has 2 N–H and O–H groups in total. The van der Waals surface area contributed by atoms with Crippen LogP contribution in [-0.4, -0.2) is 5.78 Å². The molecule has 0 bridgehead atoms. The van der Waals surface area contributed by atoms with E-state index >= 15 is 0 Å². The minimum atomic E-state index is -0.0438. The summed E-state index contributed by atoms with van der Waals surface area (Å²) in [5.74, 6) is -0.0438. The number of benzene rings is 2. The number of nitrogen functional groups attached to an aromatic ring is 1. The van der Waals surface area contributed by atoms with E-state index in [4.69, 9.17) is 17.3 Å². The van der Waals surface area contributed by atoms with Crippen molar-refractivity contribution in [3.05, 3.63) is 62.4 Å². The number of ketones is 1. The van der Waals surface area contributed by atoms with Crippen LogP contribution in [-0.2, 0) is 0 Å². The number of anilines is 1. The lowest BCUT2D eigenvalue weighted by Crippen LogP contribution is -2.01. The summed E-state index contributed by atoms with van der Waals surface area (Å²) in [6, 6.07) is 10.8. The van der Waals surface area contributed by atoms with Crippen LogP contribution >= 0.6 is 38.9 Å². The van der Waals surface area contributed by atoms with Gasteiger partial charge in [-0.1, -0.05) is 23.7 Å². The van der Waals surface area contributed by atoms with E-state index in [1.54, 1.807) is 29.5 Å². The normalized spacial score (nSPS) is 10.9. The lowest BCUT2D eigenvalue weighted by atomic mass is 10.0.